The average molecular weight is 309 g/mol. The number of nitrogens with one attached hydrogen (secondary N) is 2. The van der Waals surface area contributed by atoms with Crippen LogP contribution in [0.1, 0.15) is 30.9 Å². The van der Waals surface area contributed by atoms with Gasteiger partial charge >= 0.3 is 0 Å². The molecule has 2 N–H and O–H groups in total. The number of benzene rings is 1. The summed E-state index contributed by atoms with van der Waals surface area (Å²) < 4.78 is 0. The number of hydrogen-bond donors (Lipinski definition) is 2. The molecule has 22 heavy (non-hydrogen) atoms. The summed E-state index contributed by atoms with van der Waals surface area (Å²) in [5, 5.41) is 8.05. The Labute approximate surface area is 133 Å². The first-order valence-corrected chi connectivity index (χ1v) is 7.81. The summed E-state index contributed by atoms with van der Waals surface area (Å²) in [6.45, 7) is 0. The zero-order valence-corrected chi connectivity index (χ0v) is 12.7. The molecule has 2 heterocycles. The minimum Gasteiger partial charge on any atom is -0.351 e. The van der Waals surface area contributed by atoms with Crippen molar-refractivity contribution in [3.05, 3.63) is 53.4 Å². The second-order valence-electron chi connectivity index (χ2n) is 5.66. The Kier molecular flexibility index (Phi) is 3.15. The van der Waals surface area contributed by atoms with Crippen LogP contribution in [0.2, 0.25) is 0 Å². The third kappa shape index (κ3) is 2.18. The predicted octanol–water partition coefficient (Wildman–Crippen LogP) is 2.76. The Hall–Kier alpha value is -2.27. The van der Waals surface area contributed by atoms with Gasteiger partial charge in [-0.1, -0.05) is 12.1 Å². The van der Waals surface area contributed by atoms with Crippen molar-refractivity contribution in [2.75, 3.05) is 0 Å². The highest BCUT2D eigenvalue weighted by Crippen LogP contribution is 2.34. The lowest BCUT2D eigenvalue weighted by Gasteiger charge is -2.33. The second-order valence-corrected chi connectivity index (χ2v) is 6.06. The largest absolute Gasteiger partial charge is 0.351 e. The summed E-state index contributed by atoms with van der Waals surface area (Å²) in [4.78, 5) is 16.7. The van der Waals surface area contributed by atoms with Gasteiger partial charge in [0.2, 0.25) is 0 Å². The fourth-order valence-corrected chi connectivity index (χ4v) is 3.47. The molecule has 1 aromatic heterocycles. The number of allylic oxidation sites excluding steroid dienone is 1. The van der Waals surface area contributed by atoms with Crippen molar-refractivity contribution in [1.82, 2.24) is 15.6 Å². The molecule has 1 aromatic carbocycles. The van der Waals surface area contributed by atoms with Gasteiger partial charge in [0.25, 0.3) is 0 Å². The number of Topliss-reactive ketones (excluding diaryl/α,β-unsaturated/α-hetero) is 1. The molecule has 0 saturated carbocycles. The Morgan fingerprint density at radius 1 is 1.23 bits per heavy atom. The molecule has 1 aliphatic heterocycles. The number of fused-ring (bicyclic) bond motifs is 1. The lowest BCUT2D eigenvalue weighted by Crippen LogP contribution is -2.46. The van der Waals surface area contributed by atoms with E-state index >= 15 is 0 Å². The van der Waals surface area contributed by atoms with Crippen molar-refractivity contribution in [3.8, 4) is 0 Å². The van der Waals surface area contributed by atoms with Crippen LogP contribution >= 0.6 is 12.2 Å². The molecule has 0 fully saturated rings. The van der Waals surface area contributed by atoms with Crippen molar-refractivity contribution >= 4 is 34.0 Å². The number of carbonyl (C=O) groups excluding carboxylic acids is 1. The summed E-state index contributed by atoms with van der Waals surface area (Å²) in [6.07, 6.45) is 4.17. The molecule has 0 saturated heterocycles. The lowest BCUT2D eigenvalue weighted by molar-refractivity contribution is -0.116. The van der Waals surface area contributed by atoms with Gasteiger partial charge in [-0.25, -0.2) is 0 Å². The topological polar surface area (TPSA) is 54.0 Å². The van der Waals surface area contributed by atoms with Crippen LogP contribution in [0, 0.1) is 0 Å². The number of aromatic nitrogens is 1. The average Bonchev–Trinajstić information content (AvgIpc) is 2.53. The van der Waals surface area contributed by atoms with Gasteiger partial charge in [-0.2, -0.15) is 0 Å². The molecule has 2 aromatic rings. The van der Waals surface area contributed by atoms with Gasteiger partial charge in [-0.15, -0.1) is 0 Å². The highest BCUT2D eigenvalue weighted by Gasteiger charge is 2.33. The third-order valence-electron chi connectivity index (χ3n) is 4.25. The summed E-state index contributed by atoms with van der Waals surface area (Å²) in [7, 11) is 0. The maximum atomic E-state index is 12.4. The van der Waals surface area contributed by atoms with Crippen LogP contribution < -0.4 is 10.6 Å². The number of nitrogens with zero attached hydrogens (tertiary/aromatic N) is 1. The van der Waals surface area contributed by atoms with E-state index in [0.717, 1.165) is 40.6 Å². The number of hydrogen-bond acceptors (Lipinski definition) is 3. The zero-order chi connectivity index (χ0) is 15.1. The maximum Gasteiger partial charge on any atom is 0.171 e. The molecule has 5 heteroatoms. The molecule has 0 spiro atoms. The quantitative estimate of drug-likeness (QED) is 0.793. The summed E-state index contributed by atoms with van der Waals surface area (Å²) in [6, 6.07) is 9.88. The fourth-order valence-electron chi connectivity index (χ4n) is 3.23. The van der Waals surface area contributed by atoms with Crippen LogP contribution in [0.25, 0.3) is 10.9 Å². The summed E-state index contributed by atoms with van der Waals surface area (Å²) >= 11 is 5.31. The number of rotatable bonds is 1. The van der Waals surface area contributed by atoms with Crippen molar-refractivity contribution < 1.29 is 4.79 Å². The molecule has 110 valence electrons. The fraction of sp³-hybridized carbons (Fsp3) is 0.235. The van der Waals surface area contributed by atoms with Crippen molar-refractivity contribution in [2.45, 2.75) is 25.3 Å². The number of carbonyl (C=O) groups is 1. The first-order chi connectivity index (χ1) is 10.7. The molecule has 4 rings (SSSR count). The molecule has 1 unspecified atom stereocenters. The molecule has 1 aliphatic carbocycles. The molecule has 0 amide bonds. The minimum absolute atomic E-state index is 0.166. The van der Waals surface area contributed by atoms with Crippen LogP contribution in [0.4, 0.5) is 0 Å². The Morgan fingerprint density at radius 3 is 3.05 bits per heavy atom. The standard InChI is InChI=1S/C17H15N3OS/c21-14-5-1-4-13-15(14)16(20-17(22)19-13)11-6-7-12-10(9-11)3-2-8-18-12/h2-3,6-9,16H,1,4-5H2,(H2,19,20,22). The minimum atomic E-state index is -0.166. The van der Waals surface area contributed by atoms with E-state index in [1.165, 1.54) is 0 Å². The monoisotopic (exact) mass is 309 g/mol. The lowest BCUT2D eigenvalue weighted by atomic mass is 9.85. The molecule has 1 atom stereocenters. The van der Waals surface area contributed by atoms with Crippen LogP contribution in [-0.4, -0.2) is 15.9 Å². The van der Waals surface area contributed by atoms with E-state index in [2.05, 4.69) is 21.7 Å². The smallest absolute Gasteiger partial charge is 0.171 e. The molecule has 2 aliphatic rings. The van der Waals surface area contributed by atoms with E-state index in [0.29, 0.717) is 11.5 Å². The van der Waals surface area contributed by atoms with E-state index in [1.54, 1.807) is 6.20 Å². The molecule has 0 bridgehead atoms. The van der Waals surface area contributed by atoms with Crippen LogP contribution in [0.5, 0.6) is 0 Å². The normalized spacial score (nSPS) is 21.4. The van der Waals surface area contributed by atoms with Crippen molar-refractivity contribution in [2.24, 2.45) is 0 Å². The maximum absolute atomic E-state index is 12.4. The third-order valence-corrected chi connectivity index (χ3v) is 4.46. The van der Waals surface area contributed by atoms with E-state index < -0.39 is 0 Å². The van der Waals surface area contributed by atoms with Gasteiger partial charge < -0.3 is 10.6 Å². The number of ketones is 1. The summed E-state index contributed by atoms with van der Waals surface area (Å²) in [5.74, 6) is 0.208. The van der Waals surface area contributed by atoms with E-state index in [1.807, 2.05) is 24.3 Å². The van der Waals surface area contributed by atoms with Gasteiger partial charge in [-0.3, -0.25) is 9.78 Å². The van der Waals surface area contributed by atoms with E-state index in [4.69, 9.17) is 12.2 Å². The molecule has 0 radical (unpaired) electrons. The first kappa shape index (κ1) is 13.4. The van der Waals surface area contributed by atoms with Crippen molar-refractivity contribution in [1.29, 1.82) is 0 Å². The molecular weight excluding hydrogens is 294 g/mol. The van der Waals surface area contributed by atoms with Gasteiger partial charge in [0, 0.05) is 29.3 Å². The molecular formula is C17H15N3OS. The first-order valence-electron chi connectivity index (χ1n) is 7.41. The van der Waals surface area contributed by atoms with Gasteiger partial charge in [0.15, 0.2) is 10.9 Å². The SMILES string of the molecule is O=C1CCCC2=C1C(c1ccc3ncccc3c1)NC(=S)N2. The Morgan fingerprint density at radius 2 is 2.14 bits per heavy atom. The highest BCUT2D eigenvalue weighted by molar-refractivity contribution is 7.80. The van der Waals surface area contributed by atoms with Crippen LogP contribution in [0.15, 0.2) is 47.8 Å². The number of thiocarbonyl (C=S) groups is 1. The van der Waals surface area contributed by atoms with Crippen molar-refractivity contribution in [3.63, 3.8) is 0 Å². The van der Waals surface area contributed by atoms with Crippen LogP contribution in [0.3, 0.4) is 0 Å². The van der Waals surface area contributed by atoms with Crippen LogP contribution in [-0.2, 0) is 4.79 Å². The van der Waals surface area contributed by atoms with Gasteiger partial charge in [0.05, 0.1) is 11.6 Å². The second kappa shape index (κ2) is 5.18. The van der Waals surface area contributed by atoms with Gasteiger partial charge in [0.1, 0.15) is 0 Å². The van der Waals surface area contributed by atoms with Gasteiger partial charge in [-0.05, 0) is 48.8 Å². The summed E-state index contributed by atoms with van der Waals surface area (Å²) in [5.41, 5.74) is 3.82. The predicted molar refractivity (Wildman–Crippen MR) is 89.2 cm³/mol. The Bertz CT molecular complexity index is 828. The van der Waals surface area contributed by atoms with E-state index in [9.17, 15) is 4.79 Å². The van der Waals surface area contributed by atoms with E-state index in [-0.39, 0.29) is 11.8 Å². The highest BCUT2D eigenvalue weighted by atomic mass is 32.1. The zero-order valence-electron chi connectivity index (χ0n) is 11.9. The Balaban J connectivity index is 1.84. The molecule has 4 nitrogen and oxygen atoms in total. The number of pyridine rings is 1.